The fraction of sp³-hybridized carbons (Fsp3) is 1.00. The van der Waals surface area contributed by atoms with Gasteiger partial charge in [0.2, 0.25) is 0 Å². The number of hydrogen-bond donors (Lipinski definition) is 0. The van der Waals surface area contributed by atoms with E-state index in [1.54, 1.807) is 0 Å². The van der Waals surface area contributed by atoms with Crippen molar-refractivity contribution in [1.82, 2.24) is 0 Å². The molecule has 0 saturated carbocycles. The van der Waals surface area contributed by atoms with Crippen LogP contribution in [0.4, 0.5) is 0 Å². The summed E-state index contributed by atoms with van der Waals surface area (Å²) in [6.07, 6.45) is 0. The molecule has 0 aliphatic rings. The molecule has 0 aromatic heterocycles. The van der Waals surface area contributed by atoms with Crippen LogP contribution < -0.4 is 0 Å². The van der Waals surface area contributed by atoms with Crippen molar-refractivity contribution < 1.29 is 2.85 Å². The van der Waals surface area contributed by atoms with Crippen LogP contribution >= 0.6 is 48.0 Å². The lowest BCUT2D eigenvalue weighted by Crippen LogP contribution is -1.66. The molecule has 0 amide bonds. The molecule has 0 N–H and O–H groups in total. The minimum Gasteiger partial charge on any atom is -0.107 e. The highest BCUT2D eigenvalue weighted by Crippen LogP contribution is 1.85. The molecule has 0 aromatic carbocycles. The monoisotopic (exact) mass is 957 g/mol. The highest BCUT2D eigenvalue weighted by Gasteiger charge is 1.72. The van der Waals surface area contributed by atoms with Gasteiger partial charge in [-0.3, -0.25) is 0 Å². The highest BCUT2D eigenvalue weighted by atomic mass is 127. The van der Waals surface area contributed by atoms with Gasteiger partial charge in [0.05, 0.1) is 0 Å². The first-order chi connectivity index (χ1) is 20.8. The molecule has 0 fully saturated rings. The quantitative estimate of drug-likeness (QED) is 0.212. The lowest BCUT2D eigenvalue weighted by molar-refractivity contribution is 0.736. The van der Waals surface area contributed by atoms with Crippen LogP contribution in [-0.2, 0) is 0 Å². The Morgan fingerprint density at radius 2 is 0.120 bits per heavy atom. The molecule has 0 spiro atoms. The summed E-state index contributed by atoms with van der Waals surface area (Å²) in [6.45, 7) is 78.0. The van der Waals surface area contributed by atoms with Gasteiger partial charge in [0, 0.05) is 2.85 Å². The second-order valence-electron chi connectivity index (χ2n) is 20.8. The van der Waals surface area contributed by atoms with E-state index in [0.29, 0.717) is 0 Å². The van der Waals surface area contributed by atoms with Crippen LogP contribution in [0.3, 0.4) is 0 Å². The minimum absolute atomic E-state index is 0. The zero-order chi connectivity index (χ0) is 42.9. The largest absolute Gasteiger partial charge is 0.107 e. The smallest absolute Gasteiger partial charge is 0 e. The van der Waals surface area contributed by atoms with Crippen molar-refractivity contribution in [2.45, 2.75) is 249 Å². The minimum atomic E-state index is 0. The topological polar surface area (TPSA) is 0 Å². The van der Waals surface area contributed by atoms with E-state index in [2.05, 4.69) is 249 Å². The Labute approximate surface area is 368 Å². The highest BCUT2D eigenvalue weighted by molar-refractivity contribution is 14.0. The molecule has 0 bridgehead atoms. The van der Waals surface area contributed by atoms with Gasteiger partial charge in [-0.05, 0) is 71.0 Å². The Hall–Kier alpha value is 1.46. The van der Waals surface area contributed by atoms with E-state index < -0.39 is 0 Å². The standard InChI is InChI=1S/12C4H10.2HI.2H2/c12*1-4(2)3;;;;/h12*4H,1-3H3;4*1H. The maximum absolute atomic E-state index is 2.17. The molecule has 50 heavy (non-hydrogen) atoms. The molecule has 0 aliphatic heterocycles. The lowest BCUT2D eigenvalue weighted by Gasteiger charge is -1.79. The molecule has 0 heterocycles. The van der Waals surface area contributed by atoms with E-state index in [0.717, 1.165) is 71.0 Å². The molecular weight excluding hydrogens is 830 g/mol. The second kappa shape index (κ2) is 88.0. The molecular formula is C48H126I2. The van der Waals surface area contributed by atoms with E-state index in [9.17, 15) is 0 Å². The maximum atomic E-state index is 2.17. The zero-order valence-corrected chi connectivity index (χ0v) is 48.4. The Balaban J connectivity index is -0.0000000193. The maximum Gasteiger partial charge on any atom is 0 e. The Morgan fingerprint density at radius 1 is 0.120 bits per heavy atom. The predicted molar refractivity (Wildman–Crippen MR) is 281 cm³/mol. The molecule has 0 aliphatic carbocycles. The van der Waals surface area contributed by atoms with Crippen molar-refractivity contribution in [1.29, 1.82) is 0 Å². The summed E-state index contributed by atoms with van der Waals surface area (Å²) >= 11 is 0. The summed E-state index contributed by atoms with van der Waals surface area (Å²) in [5, 5.41) is 0. The van der Waals surface area contributed by atoms with Gasteiger partial charge in [0.1, 0.15) is 0 Å². The Kier molecular flexibility index (Phi) is 164. The number of hydrogen-bond acceptors (Lipinski definition) is 0. The van der Waals surface area contributed by atoms with Crippen LogP contribution in [0.2, 0.25) is 0 Å². The zero-order valence-electron chi connectivity index (χ0n) is 43.7. The average Bonchev–Trinajstić information content (AvgIpc) is 2.61. The van der Waals surface area contributed by atoms with Gasteiger partial charge in [-0.25, -0.2) is 0 Å². The summed E-state index contributed by atoms with van der Waals surface area (Å²) in [5.41, 5.74) is 0. The first-order valence-corrected chi connectivity index (χ1v) is 20.8. The van der Waals surface area contributed by atoms with Crippen LogP contribution in [0.1, 0.15) is 252 Å². The van der Waals surface area contributed by atoms with Gasteiger partial charge < -0.3 is 0 Å². The van der Waals surface area contributed by atoms with Gasteiger partial charge in [0.25, 0.3) is 0 Å². The van der Waals surface area contributed by atoms with Crippen molar-refractivity contribution in [3.63, 3.8) is 0 Å². The molecule has 0 saturated heterocycles. The lowest BCUT2D eigenvalue weighted by atomic mass is 10.3. The van der Waals surface area contributed by atoms with Crippen LogP contribution in [-0.4, -0.2) is 0 Å². The van der Waals surface area contributed by atoms with Crippen LogP contribution in [0.25, 0.3) is 0 Å². The van der Waals surface area contributed by atoms with Gasteiger partial charge in [-0.1, -0.05) is 249 Å². The van der Waals surface area contributed by atoms with E-state index in [1.165, 1.54) is 0 Å². The van der Waals surface area contributed by atoms with Gasteiger partial charge in [0.15, 0.2) is 0 Å². The van der Waals surface area contributed by atoms with Crippen molar-refractivity contribution in [2.75, 3.05) is 0 Å². The molecule has 2 heteroatoms. The molecule has 0 aromatic rings. The summed E-state index contributed by atoms with van der Waals surface area (Å²) < 4.78 is 0. The predicted octanol–water partition coefficient (Wildman–Crippen LogP) is 21.7. The third kappa shape index (κ3) is 54500. The summed E-state index contributed by atoms with van der Waals surface area (Å²) in [6, 6.07) is 0. The average molecular weight is 957 g/mol. The van der Waals surface area contributed by atoms with E-state index >= 15 is 0 Å². The summed E-state index contributed by atoms with van der Waals surface area (Å²) in [7, 11) is 0. The van der Waals surface area contributed by atoms with Crippen molar-refractivity contribution in [3.8, 4) is 0 Å². The van der Waals surface area contributed by atoms with E-state index in [1.807, 2.05) is 0 Å². The third-order valence-electron chi connectivity index (χ3n) is 0. The first-order valence-electron chi connectivity index (χ1n) is 20.8. The number of halogens is 2. The molecule has 0 atom stereocenters. The van der Waals surface area contributed by atoms with Crippen LogP contribution in [0.5, 0.6) is 0 Å². The van der Waals surface area contributed by atoms with Crippen LogP contribution in [0, 0.1) is 71.0 Å². The Bertz CT molecular complexity index is 210. The first kappa shape index (κ1) is 93.4. The molecule has 0 radical (unpaired) electrons. The van der Waals surface area contributed by atoms with Gasteiger partial charge in [-0.15, -0.1) is 48.0 Å². The van der Waals surface area contributed by atoms with Crippen molar-refractivity contribution >= 4 is 48.0 Å². The van der Waals surface area contributed by atoms with Crippen LogP contribution in [0.15, 0.2) is 0 Å². The normalized spacial score (nSPS) is 8.64. The fourth-order valence-corrected chi connectivity index (χ4v) is 0. The van der Waals surface area contributed by atoms with Gasteiger partial charge >= 0.3 is 0 Å². The summed E-state index contributed by atoms with van der Waals surface area (Å²) in [4.78, 5) is 0. The number of rotatable bonds is 0. The second-order valence-corrected chi connectivity index (χ2v) is 20.8. The van der Waals surface area contributed by atoms with E-state index in [-0.39, 0.29) is 50.8 Å². The van der Waals surface area contributed by atoms with Crippen molar-refractivity contribution in [2.24, 2.45) is 71.0 Å². The summed E-state index contributed by atoms with van der Waals surface area (Å²) in [5.74, 6) is 10.0. The third-order valence-corrected chi connectivity index (χ3v) is 0. The molecule has 0 unspecified atom stereocenters. The van der Waals surface area contributed by atoms with Gasteiger partial charge in [-0.2, -0.15) is 0 Å². The molecule has 0 rings (SSSR count). The SMILES string of the molecule is CC(C)C.CC(C)C.CC(C)C.CC(C)C.CC(C)C.CC(C)C.CC(C)C.CC(C)C.CC(C)C.CC(C)C.CC(C)C.CC(C)C.I.I.[HH].[HH]. The van der Waals surface area contributed by atoms with E-state index in [4.69, 9.17) is 0 Å². The molecule has 0 nitrogen and oxygen atoms in total. The Morgan fingerprint density at radius 3 is 0.120 bits per heavy atom. The molecule has 332 valence electrons. The fourth-order valence-electron chi connectivity index (χ4n) is 0. The van der Waals surface area contributed by atoms with Crippen molar-refractivity contribution in [3.05, 3.63) is 0 Å².